The van der Waals surface area contributed by atoms with Crippen LogP contribution in [0.15, 0.2) is 158 Å². The van der Waals surface area contributed by atoms with E-state index in [2.05, 4.69) is 160 Å². The largest absolute Gasteiger partial charge is 0.461 e. The topological polar surface area (TPSA) is 72.8 Å². The zero-order valence-electron chi connectivity index (χ0n) is 37.6. The molecule has 0 rings (SSSR count). The molecule has 5 heteroatoms. The number of rotatable bonds is 39. The molecule has 332 valence electrons. The molecule has 1 unspecified atom stereocenters. The van der Waals surface area contributed by atoms with Crippen molar-refractivity contribution < 1.29 is 24.2 Å². The van der Waals surface area contributed by atoms with Gasteiger partial charge in [-0.2, -0.15) is 0 Å². The maximum atomic E-state index is 12.2. The second-order valence-electron chi connectivity index (χ2n) is 14.4. The number of aliphatic hydroxyl groups is 1. The Morgan fingerprint density at radius 1 is 0.400 bits per heavy atom. The molecule has 0 aromatic carbocycles. The Morgan fingerprint density at radius 3 is 1.08 bits per heavy atom. The summed E-state index contributed by atoms with van der Waals surface area (Å²) in [6.45, 7) is 3.78. The minimum Gasteiger partial charge on any atom is -0.461 e. The highest BCUT2D eigenvalue weighted by Crippen LogP contribution is 2.11. The number of carbonyl (C=O) groups is 2. The van der Waals surface area contributed by atoms with Crippen molar-refractivity contribution >= 4 is 11.9 Å². The van der Waals surface area contributed by atoms with Gasteiger partial charge in [0.2, 0.25) is 0 Å². The fraction of sp³-hybridized carbons (Fsp3) is 0.491. The molecule has 0 aromatic rings. The van der Waals surface area contributed by atoms with Crippen molar-refractivity contribution in [1.29, 1.82) is 0 Å². The van der Waals surface area contributed by atoms with Crippen LogP contribution in [0, 0.1) is 0 Å². The van der Waals surface area contributed by atoms with Crippen molar-refractivity contribution in [3.8, 4) is 0 Å². The third-order valence-corrected chi connectivity index (χ3v) is 8.85. The summed E-state index contributed by atoms with van der Waals surface area (Å²) in [6, 6.07) is 0. The molecule has 0 aliphatic rings. The minimum absolute atomic E-state index is 0.138. The number of esters is 2. The van der Waals surface area contributed by atoms with Crippen LogP contribution in [0.25, 0.3) is 0 Å². The fourth-order valence-electron chi connectivity index (χ4n) is 5.46. The van der Waals surface area contributed by atoms with E-state index >= 15 is 0 Å². The Morgan fingerprint density at radius 2 is 0.717 bits per heavy atom. The van der Waals surface area contributed by atoms with Crippen molar-refractivity contribution in [3.05, 3.63) is 158 Å². The molecule has 0 aromatic heterocycles. The van der Waals surface area contributed by atoms with Crippen molar-refractivity contribution in [2.45, 2.75) is 161 Å². The summed E-state index contributed by atoms with van der Waals surface area (Å²) in [6.07, 6.45) is 76.3. The van der Waals surface area contributed by atoms with Crippen LogP contribution in [-0.2, 0) is 19.1 Å². The van der Waals surface area contributed by atoms with Crippen LogP contribution in [-0.4, -0.2) is 36.4 Å². The number of aliphatic hydroxyl groups excluding tert-OH is 1. The number of allylic oxidation sites excluding steroid dienone is 25. The average Bonchev–Trinajstić information content (AvgIpc) is 3.25. The second kappa shape index (κ2) is 48.9. The van der Waals surface area contributed by atoms with E-state index in [-0.39, 0.29) is 25.6 Å². The highest BCUT2D eigenvalue weighted by Gasteiger charge is 2.15. The average molecular weight is 823 g/mol. The number of hydrogen-bond donors (Lipinski definition) is 1. The van der Waals surface area contributed by atoms with Gasteiger partial charge in [-0.15, -0.1) is 0 Å². The van der Waals surface area contributed by atoms with E-state index in [4.69, 9.17) is 9.47 Å². The summed E-state index contributed by atoms with van der Waals surface area (Å²) in [4.78, 5) is 24.3. The first kappa shape index (κ1) is 55.5. The molecule has 0 spiro atoms. The lowest BCUT2D eigenvalue weighted by molar-refractivity contribution is -0.161. The first-order valence-electron chi connectivity index (χ1n) is 23.0. The van der Waals surface area contributed by atoms with E-state index in [1.807, 2.05) is 6.08 Å². The fourth-order valence-corrected chi connectivity index (χ4v) is 5.46. The van der Waals surface area contributed by atoms with E-state index in [1.54, 1.807) is 6.08 Å². The van der Waals surface area contributed by atoms with Crippen LogP contribution in [0.3, 0.4) is 0 Å². The number of hydrogen-bond acceptors (Lipinski definition) is 5. The molecule has 5 nitrogen and oxygen atoms in total. The molecule has 1 atom stereocenters. The van der Waals surface area contributed by atoms with Crippen LogP contribution < -0.4 is 0 Å². The van der Waals surface area contributed by atoms with Crippen molar-refractivity contribution in [1.82, 2.24) is 0 Å². The van der Waals surface area contributed by atoms with Crippen LogP contribution in [0.4, 0.5) is 0 Å². The predicted octanol–water partition coefficient (Wildman–Crippen LogP) is 15.3. The molecule has 0 fully saturated rings. The van der Waals surface area contributed by atoms with Gasteiger partial charge in [-0.05, 0) is 103 Å². The van der Waals surface area contributed by atoms with Gasteiger partial charge in [0.1, 0.15) is 6.61 Å². The molecular formula is C55H82O5. The molecule has 0 aliphatic heterocycles. The molecule has 0 aliphatic carbocycles. The molecule has 0 heterocycles. The SMILES string of the molecule is CC/C=C\C/C=C\C/C=C\C/C=C\C/C=C\C/C=C\C/C=C\C/C=C\CCCCCCCCC(=O)OC(CO)COC(=O)C/C=C\C/C=C\C/C=C\C/C=C\C/C=C\CC. The van der Waals surface area contributed by atoms with Gasteiger partial charge in [0.15, 0.2) is 6.10 Å². The van der Waals surface area contributed by atoms with Crippen LogP contribution in [0.5, 0.6) is 0 Å². The first-order chi connectivity index (χ1) is 29.6. The van der Waals surface area contributed by atoms with Gasteiger partial charge in [-0.25, -0.2) is 0 Å². The molecular weight excluding hydrogens is 741 g/mol. The molecule has 0 bridgehead atoms. The van der Waals surface area contributed by atoms with Crippen molar-refractivity contribution in [3.63, 3.8) is 0 Å². The van der Waals surface area contributed by atoms with Crippen molar-refractivity contribution in [2.75, 3.05) is 13.2 Å². The Balaban J connectivity index is 3.73. The number of unbranched alkanes of at least 4 members (excludes halogenated alkanes) is 6. The van der Waals surface area contributed by atoms with Gasteiger partial charge >= 0.3 is 11.9 Å². The van der Waals surface area contributed by atoms with E-state index in [1.165, 1.54) is 12.8 Å². The lowest BCUT2D eigenvalue weighted by Gasteiger charge is -2.15. The Kier molecular flexibility index (Phi) is 45.2. The number of ether oxygens (including phenoxy) is 2. The summed E-state index contributed by atoms with van der Waals surface area (Å²) in [5, 5.41) is 9.58. The van der Waals surface area contributed by atoms with Crippen molar-refractivity contribution in [2.24, 2.45) is 0 Å². The molecule has 60 heavy (non-hydrogen) atoms. The zero-order valence-corrected chi connectivity index (χ0v) is 37.6. The Hall–Kier alpha value is -4.48. The lowest BCUT2D eigenvalue weighted by atomic mass is 10.1. The van der Waals surface area contributed by atoms with Crippen LogP contribution in [0.1, 0.15) is 155 Å². The molecule has 0 saturated heterocycles. The van der Waals surface area contributed by atoms with Crippen LogP contribution >= 0.6 is 0 Å². The highest BCUT2D eigenvalue weighted by atomic mass is 16.6. The van der Waals surface area contributed by atoms with E-state index < -0.39 is 12.1 Å². The maximum absolute atomic E-state index is 12.2. The third kappa shape index (κ3) is 46.2. The normalized spacial score (nSPS) is 13.7. The molecule has 0 radical (unpaired) electrons. The minimum atomic E-state index is -0.832. The lowest BCUT2D eigenvalue weighted by Crippen LogP contribution is -2.28. The Labute approximate surface area is 367 Å². The molecule has 0 amide bonds. The van der Waals surface area contributed by atoms with E-state index in [9.17, 15) is 14.7 Å². The Bertz CT molecular complexity index is 1390. The molecule has 0 saturated carbocycles. The summed E-state index contributed by atoms with van der Waals surface area (Å²) >= 11 is 0. The maximum Gasteiger partial charge on any atom is 0.309 e. The van der Waals surface area contributed by atoms with E-state index in [0.29, 0.717) is 6.42 Å². The monoisotopic (exact) mass is 823 g/mol. The second-order valence-corrected chi connectivity index (χ2v) is 14.4. The van der Waals surface area contributed by atoms with Gasteiger partial charge in [-0.1, -0.05) is 198 Å². The van der Waals surface area contributed by atoms with E-state index in [0.717, 1.165) is 116 Å². The number of carbonyl (C=O) groups excluding carboxylic acids is 2. The quantitative estimate of drug-likeness (QED) is 0.0380. The summed E-state index contributed by atoms with van der Waals surface area (Å²) in [5.74, 6) is -0.773. The smallest absolute Gasteiger partial charge is 0.309 e. The van der Waals surface area contributed by atoms with Gasteiger partial charge in [0.25, 0.3) is 0 Å². The van der Waals surface area contributed by atoms with Gasteiger partial charge in [-0.3, -0.25) is 9.59 Å². The summed E-state index contributed by atoms with van der Waals surface area (Å²) in [5.41, 5.74) is 0. The predicted molar refractivity (Wildman–Crippen MR) is 260 cm³/mol. The summed E-state index contributed by atoms with van der Waals surface area (Å²) in [7, 11) is 0. The molecule has 1 N–H and O–H groups in total. The first-order valence-corrected chi connectivity index (χ1v) is 23.0. The van der Waals surface area contributed by atoms with Gasteiger partial charge < -0.3 is 14.6 Å². The highest BCUT2D eigenvalue weighted by molar-refractivity contribution is 5.71. The summed E-state index contributed by atoms with van der Waals surface area (Å²) < 4.78 is 10.5. The zero-order chi connectivity index (χ0) is 43.5. The van der Waals surface area contributed by atoms with Gasteiger partial charge in [0, 0.05) is 6.42 Å². The standard InChI is InChI=1S/C55H82O5/c1-3-5-7-9-11-13-15-17-19-20-21-22-23-24-25-26-27-28-29-30-31-32-33-34-36-38-40-42-44-46-48-50-55(58)60-53(51-56)52-59-54(57)49-47-45-43-41-39-37-35-18-16-14-12-10-8-6-4-2/h5-8,11-14,17-19,21-22,24-25,27-28,30-31,33-35,39,41,45,47,53,56H,3-4,9-10,15-16,20,23,26,29,32,36-38,40,42-44,46,48-52H2,1-2H3/b7-5-,8-6-,13-11-,14-12-,19-17-,22-21-,25-24-,28-27-,31-30-,34-33-,35-18-,41-39-,47-45-. The third-order valence-electron chi connectivity index (χ3n) is 8.85. The van der Waals surface area contributed by atoms with Gasteiger partial charge in [0.05, 0.1) is 13.0 Å². The van der Waals surface area contributed by atoms with Crippen LogP contribution in [0.2, 0.25) is 0 Å².